The van der Waals surface area contributed by atoms with Crippen LogP contribution in [-0.2, 0) is 10.8 Å². The molecule has 0 radical (unpaired) electrons. The van der Waals surface area contributed by atoms with Gasteiger partial charge in [0.25, 0.3) is 0 Å². The highest BCUT2D eigenvalue weighted by Gasteiger charge is 2.37. The van der Waals surface area contributed by atoms with E-state index in [-0.39, 0.29) is 10.8 Å². The predicted molar refractivity (Wildman–Crippen MR) is 383 cm³/mol. The summed E-state index contributed by atoms with van der Waals surface area (Å²) >= 11 is 0. The maximum atomic E-state index is 5.91. The monoisotopic (exact) mass is 1250 g/mol. The summed E-state index contributed by atoms with van der Waals surface area (Å²) in [5.41, 5.74) is 32.1. The van der Waals surface area contributed by atoms with Crippen LogP contribution in [0.1, 0.15) is 83.6 Å². The van der Waals surface area contributed by atoms with E-state index in [1.807, 2.05) is 111 Å². The van der Waals surface area contributed by atoms with Crippen LogP contribution in [0.25, 0.3) is 135 Å². The quantitative estimate of drug-likeness (QED) is 0.156. The van der Waals surface area contributed by atoms with Crippen molar-refractivity contribution in [2.75, 3.05) is 0 Å². The van der Waals surface area contributed by atoms with E-state index in [4.69, 9.17) is 17.7 Å². The molecule has 0 aliphatic heterocycles. The number of rotatable bonds is 6. The van der Waals surface area contributed by atoms with Gasteiger partial charge in [0.05, 0.1) is 0 Å². The van der Waals surface area contributed by atoms with E-state index in [0.29, 0.717) is 57.3 Å². The summed E-state index contributed by atoms with van der Waals surface area (Å²) in [5, 5.41) is 0. The van der Waals surface area contributed by atoms with Crippen LogP contribution in [0.5, 0.6) is 0 Å². The molecule has 96 heavy (non-hydrogen) atoms. The summed E-state index contributed by atoms with van der Waals surface area (Å²) in [5.74, 6) is 2.44. The summed E-state index contributed by atoms with van der Waals surface area (Å²) in [6.45, 7) is 21.6. The second-order valence-electron chi connectivity index (χ2n) is 26.0. The van der Waals surface area contributed by atoms with Gasteiger partial charge in [-0.25, -0.2) is 19.9 Å². The summed E-state index contributed by atoms with van der Waals surface area (Å²) in [4.78, 5) is 35.0. The zero-order valence-corrected chi connectivity index (χ0v) is 55.2. The SMILES string of the molecule is Cc1ccc(-c2nc3nc(C)ccc3o2)cc1.Cc1ccc(-c2nc3ncccc3o2)cc1.Cc1ccc2c(c1)C(C)(C)c1cc(-c3ccc(-c4nc5nc(C)ccc5o4)cc3)ccc1-2.Cc1ccc2c(c1)C(C)(C)c1cc(-c3ccc(-c4nc5ncccc5o4)cc3)ccc1-2. The molecule has 2 aliphatic rings. The Hall–Kier alpha value is -11.8. The van der Waals surface area contributed by atoms with Crippen molar-refractivity contribution in [3.05, 3.63) is 287 Å². The van der Waals surface area contributed by atoms with E-state index in [1.54, 1.807) is 12.4 Å². The number of nitrogens with zero attached hydrogens (tertiary/aromatic N) is 8. The fourth-order valence-corrected chi connectivity index (χ4v) is 12.9. The first-order valence-electron chi connectivity index (χ1n) is 32.2. The Morgan fingerprint density at radius 3 is 0.885 bits per heavy atom. The molecule has 12 heteroatoms. The Balaban J connectivity index is 0.000000110. The Morgan fingerprint density at radius 2 is 0.531 bits per heavy atom. The minimum Gasteiger partial charge on any atom is -0.434 e. The van der Waals surface area contributed by atoms with E-state index < -0.39 is 0 Å². The first-order valence-corrected chi connectivity index (χ1v) is 32.2. The molecule has 468 valence electrons. The number of aryl methyl sites for hydroxylation is 6. The number of benzene rings is 8. The van der Waals surface area contributed by atoms with Crippen molar-refractivity contribution in [3.63, 3.8) is 0 Å². The fraction of sp³-hybridized carbons (Fsp3) is 0.143. The average molecular weight is 1250 g/mol. The van der Waals surface area contributed by atoms with Gasteiger partial charge in [-0.3, -0.25) is 0 Å². The number of hydrogen-bond donors (Lipinski definition) is 0. The molecule has 0 N–H and O–H groups in total. The van der Waals surface area contributed by atoms with Gasteiger partial charge < -0.3 is 17.7 Å². The van der Waals surface area contributed by atoms with Gasteiger partial charge in [0, 0.05) is 56.9 Å². The van der Waals surface area contributed by atoms with Crippen LogP contribution in [0.3, 0.4) is 0 Å². The second kappa shape index (κ2) is 24.3. The minimum absolute atomic E-state index is 0.00215. The Morgan fingerprint density at radius 1 is 0.250 bits per heavy atom. The molecule has 0 saturated heterocycles. The largest absolute Gasteiger partial charge is 0.434 e. The van der Waals surface area contributed by atoms with Gasteiger partial charge in [0.2, 0.25) is 23.6 Å². The van der Waals surface area contributed by atoms with Crippen molar-refractivity contribution in [1.82, 2.24) is 39.9 Å². The van der Waals surface area contributed by atoms with Crippen molar-refractivity contribution in [2.24, 2.45) is 0 Å². The molecule has 0 spiro atoms. The highest BCUT2D eigenvalue weighted by molar-refractivity contribution is 5.86. The number of oxazole rings is 4. The van der Waals surface area contributed by atoms with Crippen molar-refractivity contribution >= 4 is 44.9 Å². The number of fused-ring (bicyclic) bond motifs is 10. The smallest absolute Gasteiger partial charge is 0.228 e. The standard InChI is InChI=1S/C29H24N2O.C28H22N2O.C14H12N2O.C13H10N2O/c1-17-5-12-22-23-13-11-21(16-25(23)29(3,4)24(22)15-17)19-7-9-20(10-8-19)28-31-27-26(32-28)14-6-18(2)30-27;1-17-6-12-21-22-13-11-20(16-24(22)28(2,3)23(21)15-17)18-7-9-19(10-8-18)27-30-26-25(31-27)5-4-14-29-26;1-9-3-6-11(7-4-9)14-16-13-12(17-14)8-5-10(2)15-13;1-9-4-6-10(7-5-9)13-15-12-11(16-13)3-2-8-14-12/h5-16H,1-4H3;4-16H,1-3H3;3-8H,1-2H3;2-8H,1H3. The van der Waals surface area contributed by atoms with Crippen molar-refractivity contribution in [2.45, 2.75) is 80.1 Å². The molecular formula is C84H68N8O4. The van der Waals surface area contributed by atoms with Crippen molar-refractivity contribution in [3.8, 4) is 90.3 Å². The molecule has 8 aromatic carbocycles. The van der Waals surface area contributed by atoms with Crippen LogP contribution in [0.2, 0.25) is 0 Å². The van der Waals surface area contributed by atoms with Crippen LogP contribution < -0.4 is 0 Å². The van der Waals surface area contributed by atoms with Gasteiger partial charge in [-0.1, -0.05) is 159 Å². The number of pyridine rings is 4. The normalized spacial score (nSPS) is 12.9. The predicted octanol–water partition coefficient (Wildman–Crippen LogP) is 21.4. The lowest BCUT2D eigenvalue weighted by atomic mass is 9.81. The molecule has 12 nitrogen and oxygen atoms in total. The maximum Gasteiger partial charge on any atom is 0.228 e. The van der Waals surface area contributed by atoms with Crippen LogP contribution in [0.4, 0.5) is 0 Å². The Kier molecular flexibility index (Phi) is 15.3. The Bertz CT molecular complexity index is 5530. The van der Waals surface area contributed by atoms with Crippen molar-refractivity contribution < 1.29 is 17.7 Å². The zero-order valence-electron chi connectivity index (χ0n) is 55.2. The lowest BCUT2D eigenvalue weighted by molar-refractivity contribution is 0.619. The first-order chi connectivity index (χ1) is 46.4. The van der Waals surface area contributed by atoms with Crippen LogP contribution in [0.15, 0.2) is 248 Å². The van der Waals surface area contributed by atoms with Gasteiger partial charge in [0.1, 0.15) is 0 Å². The van der Waals surface area contributed by atoms with Gasteiger partial charge in [-0.15, -0.1) is 0 Å². The van der Waals surface area contributed by atoms with Gasteiger partial charge in [-0.2, -0.15) is 19.9 Å². The number of aromatic nitrogens is 8. The average Bonchev–Trinajstić information content (AvgIpc) is 1.58. The molecule has 0 saturated carbocycles. The lowest BCUT2D eigenvalue weighted by Crippen LogP contribution is -2.15. The third kappa shape index (κ3) is 11.6. The Labute approximate surface area is 556 Å². The molecule has 16 aromatic rings. The third-order valence-corrected chi connectivity index (χ3v) is 18.3. The summed E-state index contributed by atoms with van der Waals surface area (Å²) < 4.78 is 23.1. The summed E-state index contributed by atoms with van der Waals surface area (Å²) in [6.07, 6.45) is 3.44. The van der Waals surface area contributed by atoms with Gasteiger partial charge in [-0.05, 0) is 217 Å². The maximum absolute atomic E-state index is 5.91. The second-order valence-corrected chi connectivity index (χ2v) is 26.0. The van der Waals surface area contributed by atoms with Crippen LogP contribution >= 0.6 is 0 Å². The fourth-order valence-electron chi connectivity index (χ4n) is 12.9. The topological polar surface area (TPSA) is 156 Å². The number of hydrogen-bond acceptors (Lipinski definition) is 12. The van der Waals surface area contributed by atoms with Crippen LogP contribution in [-0.4, -0.2) is 39.9 Å². The first kappa shape index (κ1) is 60.5. The molecule has 0 atom stereocenters. The molecule has 0 unspecified atom stereocenters. The van der Waals surface area contributed by atoms with Gasteiger partial charge in [0.15, 0.2) is 44.9 Å². The molecule has 0 fully saturated rings. The van der Waals surface area contributed by atoms with E-state index >= 15 is 0 Å². The van der Waals surface area contributed by atoms with E-state index in [1.165, 1.54) is 89.0 Å². The minimum atomic E-state index is -0.00400. The molecular weight excluding hydrogens is 1180 g/mol. The highest BCUT2D eigenvalue weighted by atomic mass is 16.4. The van der Waals surface area contributed by atoms with E-state index in [0.717, 1.165) is 44.8 Å². The van der Waals surface area contributed by atoms with E-state index in [2.05, 4.69) is 217 Å². The summed E-state index contributed by atoms with van der Waals surface area (Å²) in [6, 6.07) is 75.5. The van der Waals surface area contributed by atoms with E-state index in [9.17, 15) is 0 Å². The van der Waals surface area contributed by atoms with Crippen LogP contribution in [0, 0.1) is 41.5 Å². The van der Waals surface area contributed by atoms with Gasteiger partial charge >= 0.3 is 0 Å². The molecule has 0 bridgehead atoms. The lowest BCUT2D eigenvalue weighted by Gasteiger charge is -2.22. The molecule has 8 heterocycles. The summed E-state index contributed by atoms with van der Waals surface area (Å²) in [7, 11) is 0. The van der Waals surface area contributed by atoms with Crippen molar-refractivity contribution in [1.29, 1.82) is 0 Å². The molecule has 2 aliphatic carbocycles. The highest BCUT2D eigenvalue weighted by Crippen LogP contribution is 2.51. The molecule has 8 aromatic heterocycles. The molecule has 0 amide bonds. The zero-order chi connectivity index (χ0) is 66.0. The molecule has 18 rings (SSSR count). The third-order valence-electron chi connectivity index (χ3n) is 18.3.